The number of rotatable bonds is 3. The smallest absolute Gasteiger partial charge is 0.443 e. The molecule has 1 aromatic carbocycles. The minimum absolute atomic E-state index is 0.0629. The molecule has 5 nitrogen and oxygen atoms in total. The second-order valence-corrected chi connectivity index (χ2v) is 6.57. The minimum atomic E-state index is -4.61. The number of hydrogen-bond donors (Lipinski definition) is 1. The second kappa shape index (κ2) is 6.47. The summed E-state index contributed by atoms with van der Waals surface area (Å²) in [6.45, 7) is 0.0608. The first-order valence-corrected chi connectivity index (χ1v) is 8.25. The zero-order chi connectivity index (χ0) is 18.2. The van der Waals surface area contributed by atoms with Crippen LogP contribution in [0.5, 0.6) is 0 Å². The van der Waals surface area contributed by atoms with Crippen LogP contribution >= 0.6 is 11.3 Å². The quantitative estimate of drug-likeness (QED) is 0.901. The van der Waals surface area contributed by atoms with Crippen LogP contribution in [0.4, 0.5) is 13.2 Å². The van der Waals surface area contributed by atoms with Crippen molar-refractivity contribution in [2.24, 2.45) is 5.92 Å². The molecule has 0 aliphatic carbocycles. The Hall–Kier alpha value is -2.42. The monoisotopic (exact) mass is 370 g/mol. The highest BCUT2D eigenvalue weighted by Gasteiger charge is 2.42. The van der Waals surface area contributed by atoms with Crippen LogP contribution in [0, 0.1) is 5.92 Å². The lowest BCUT2D eigenvalue weighted by atomic mass is 9.89. The Balaban J connectivity index is 1.82. The molecule has 1 aliphatic heterocycles. The molecule has 0 spiro atoms. The third kappa shape index (κ3) is 3.51. The SMILES string of the molecule is O=C(O)[C@@H]1CN(C(=O)c2csc(C(F)(F)F)n2)C[C@@H]1c1ccccc1. The second-order valence-electron chi connectivity index (χ2n) is 5.71. The van der Waals surface area contributed by atoms with Crippen molar-refractivity contribution < 1.29 is 27.9 Å². The molecule has 0 bridgehead atoms. The maximum absolute atomic E-state index is 12.6. The molecule has 0 saturated carbocycles. The summed E-state index contributed by atoms with van der Waals surface area (Å²) < 4.78 is 37.9. The van der Waals surface area contributed by atoms with Crippen LogP contribution in [0.1, 0.15) is 27.0 Å². The van der Waals surface area contributed by atoms with E-state index in [0.717, 1.165) is 10.9 Å². The number of likely N-dealkylation sites (tertiary alicyclic amines) is 1. The van der Waals surface area contributed by atoms with E-state index in [1.54, 1.807) is 30.3 Å². The normalized spacial score (nSPS) is 20.7. The lowest BCUT2D eigenvalue weighted by Gasteiger charge is -2.15. The Labute approximate surface area is 144 Å². The number of carbonyl (C=O) groups excluding carboxylic acids is 1. The molecule has 25 heavy (non-hydrogen) atoms. The third-order valence-electron chi connectivity index (χ3n) is 4.12. The number of aliphatic carboxylic acids is 1. The first kappa shape index (κ1) is 17.4. The van der Waals surface area contributed by atoms with E-state index < -0.39 is 34.9 Å². The highest BCUT2D eigenvalue weighted by Crippen LogP contribution is 2.35. The Kier molecular flexibility index (Phi) is 4.51. The third-order valence-corrected chi connectivity index (χ3v) is 5.00. The number of alkyl halides is 3. The number of nitrogens with zero attached hydrogens (tertiary/aromatic N) is 2. The van der Waals surface area contributed by atoms with E-state index in [9.17, 15) is 27.9 Å². The first-order chi connectivity index (χ1) is 11.8. The molecule has 1 aliphatic rings. The molecule has 0 radical (unpaired) electrons. The number of benzene rings is 1. The van der Waals surface area contributed by atoms with Crippen molar-refractivity contribution in [3.8, 4) is 0 Å². The summed E-state index contributed by atoms with van der Waals surface area (Å²) in [5.74, 6) is -2.95. The van der Waals surface area contributed by atoms with Gasteiger partial charge in [-0.2, -0.15) is 13.2 Å². The van der Waals surface area contributed by atoms with Crippen LogP contribution in [0.25, 0.3) is 0 Å². The molecule has 1 amide bonds. The maximum atomic E-state index is 12.6. The Morgan fingerprint density at radius 1 is 1.20 bits per heavy atom. The average Bonchev–Trinajstić information content (AvgIpc) is 3.22. The summed E-state index contributed by atoms with van der Waals surface area (Å²) in [4.78, 5) is 28.6. The first-order valence-electron chi connectivity index (χ1n) is 7.37. The van der Waals surface area contributed by atoms with E-state index in [-0.39, 0.29) is 18.8 Å². The molecule has 1 fully saturated rings. The summed E-state index contributed by atoms with van der Waals surface area (Å²) in [7, 11) is 0. The van der Waals surface area contributed by atoms with Gasteiger partial charge in [-0.25, -0.2) is 4.98 Å². The topological polar surface area (TPSA) is 70.5 Å². The molecule has 2 heterocycles. The Morgan fingerprint density at radius 3 is 2.44 bits per heavy atom. The largest absolute Gasteiger partial charge is 0.481 e. The summed E-state index contributed by atoms with van der Waals surface area (Å²) in [6, 6.07) is 8.90. The van der Waals surface area contributed by atoms with Crippen LogP contribution in [0.3, 0.4) is 0 Å². The van der Waals surface area contributed by atoms with Gasteiger partial charge in [-0.1, -0.05) is 30.3 Å². The minimum Gasteiger partial charge on any atom is -0.481 e. The summed E-state index contributed by atoms with van der Waals surface area (Å²) in [6.07, 6.45) is -4.61. The zero-order valence-electron chi connectivity index (χ0n) is 12.7. The number of halogens is 3. The molecule has 0 unspecified atom stereocenters. The fourth-order valence-electron chi connectivity index (χ4n) is 2.92. The molecule has 1 saturated heterocycles. The van der Waals surface area contributed by atoms with E-state index in [2.05, 4.69) is 4.98 Å². The highest BCUT2D eigenvalue weighted by molar-refractivity contribution is 7.09. The molecule has 2 atom stereocenters. The number of thiazole rings is 1. The molecule has 9 heteroatoms. The van der Waals surface area contributed by atoms with Gasteiger partial charge in [-0.15, -0.1) is 11.3 Å². The number of carbonyl (C=O) groups is 2. The maximum Gasteiger partial charge on any atom is 0.443 e. The van der Waals surface area contributed by atoms with E-state index in [1.807, 2.05) is 0 Å². The van der Waals surface area contributed by atoms with E-state index in [0.29, 0.717) is 11.3 Å². The number of carboxylic acid groups (broad SMARTS) is 1. The summed E-state index contributed by atoms with van der Waals surface area (Å²) in [5.41, 5.74) is 0.467. The van der Waals surface area contributed by atoms with Gasteiger partial charge in [0.2, 0.25) is 0 Å². The molecule has 1 N–H and O–H groups in total. The molecular formula is C16H13F3N2O3S. The summed E-state index contributed by atoms with van der Waals surface area (Å²) >= 11 is 0.348. The van der Waals surface area contributed by atoms with Crippen molar-refractivity contribution in [1.82, 2.24) is 9.88 Å². The molecule has 3 rings (SSSR count). The number of amides is 1. The van der Waals surface area contributed by atoms with Gasteiger partial charge in [0.25, 0.3) is 5.91 Å². The lowest BCUT2D eigenvalue weighted by Crippen LogP contribution is -2.30. The number of hydrogen-bond acceptors (Lipinski definition) is 4. The van der Waals surface area contributed by atoms with E-state index in [4.69, 9.17) is 0 Å². The Morgan fingerprint density at radius 2 is 1.88 bits per heavy atom. The van der Waals surface area contributed by atoms with E-state index in [1.165, 1.54) is 4.90 Å². The van der Waals surface area contributed by atoms with Crippen LogP contribution in [0.15, 0.2) is 35.7 Å². The molecular weight excluding hydrogens is 357 g/mol. The standard InChI is InChI=1S/C16H13F3N2O3S/c17-16(18,19)15-20-12(8-25-15)13(22)21-6-10(11(7-21)14(23)24)9-4-2-1-3-5-9/h1-5,8,10-11H,6-7H2,(H,23,24)/t10-,11-/m1/s1. The van der Waals surface area contributed by atoms with Crippen molar-refractivity contribution in [1.29, 1.82) is 0 Å². The zero-order valence-corrected chi connectivity index (χ0v) is 13.5. The highest BCUT2D eigenvalue weighted by atomic mass is 32.1. The van der Waals surface area contributed by atoms with E-state index >= 15 is 0 Å². The van der Waals surface area contributed by atoms with Crippen LogP contribution in [-0.2, 0) is 11.0 Å². The van der Waals surface area contributed by atoms with Gasteiger partial charge >= 0.3 is 12.1 Å². The fourth-order valence-corrected chi connectivity index (χ4v) is 3.58. The molecule has 132 valence electrons. The average molecular weight is 370 g/mol. The molecule has 1 aromatic heterocycles. The predicted octanol–water partition coefficient (Wildman–Crippen LogP) is 3.10. The van der Waals surface area contributed by atoms with Crippen LogP contribution in [-0.4, -0.2) is 40.0 Å². The van der Waals surface area contributed by atoms with Crippen LogP contribution < -0.4 is 0 Å². The Bertz CT molecular complexity index is 791. The van der Waals surface area contributed by atoms with Crippen molar-refractivity contribution in [2.45, 2.75) is 12.1 Å². The summed E-state index contributed by atoms with van der Waals surface area (Å²) in [5, 5.41) is 9.38. The van der Waals surface area contributed by atoms with Crippen molar-refractivity contribution >= 4 is 23.2 Å². The van der Waals surface area contributed by atoms with Gasteiger partial charge in [0.1, 0.15) is 5.69 Å². The van der Waals surface area contributed by atoms with Crippen molar-refractivity contribution in [2.75, 3.05) is 13.1 Å². The van der Waals surface area contributed by atoms with Gasteiger partial charge in [-0.3, -0.25) is 9.59 Å². The van der Waals surface area contributed by atoms with Crippen molar-refractivity contribution in [3.63, 3.8) is 0 Å². The van der Waals surface area contributed by atoms with Crippen molar-refractivity contribution in [3.05, 3.63) is 52.0 Å². The lowest BCUT2D eigenvalue weighted by molar-refractivity contribution is -0.141. The fraction of sp³-hybridized carbons (Fsp3) is 0.312. The number of aromatic nitrogens is 1. The van der Waals surface area contributed by atoms with Crippen LogP contribution in [0.2, 0.25) is 0 Å². The number of carboxylic acids is 1. The van der Waals surface area contributed by atoms with Gasteiger partial charge < -0.3 is 10.0 Å². The molecule has 2 aromatic rings. The van der Waals surface area contributed by atoms with Gasteiger partial charge in [0.15, 0.2) is 5.01 Å². The van der Waals surface area contributed by atoms with Gasteiger partial charge in [0, 0.05) is 24.4 Å². The van der Waals surface area contributed by atoms with Gasteiger partial charge in [-0.05, 0) is 5.56 Å². The van der Waals surface area contributed by atoms with Gasteiger partial charge in [0.05, 0.1) is 5.92 Å². The predicted molar refractivity (Wildman–Crippen MR) is 83.3 cm³/mol.